The van der Waals surface area contributed by atoms with E-state index in [0.29, 0.717) is 19.2 Å². The summed E-state index contributed by atoms with van der Waals surface area (Å²) < 4.78 is 5.97. The van der Waals surface area contributed by atoms with E-state index in [1.807, 2.05) is 24.3 Å². The van der Waals surface area contributed by atoms with Gasteiger partial charge in [0, 0.05) is 12.7 Å². The molecule has 0 radical (unpaired) electrons. The molecule has 0 spiro atoms. The molecular weight excluding hydrogens is 348 g/mol. The number of anilines is 1. The van der Waals surface area contributed by atoms with Crippen LogP contribution < -0.4 is 9.64 Å². The second kappa shape index (κ2) is 7.03. The van der Waals surface area contributed by atoms with Gasteiger partial charge in [0.2, 0.25) is 5.91 Å². The van der Waals surface area contributed by atoms with Crippen LogP contribution in [0.15, 0.2) is 48.5 Å². The topological polar surface area (TPSA) is 49.9 Å². The molecule has 4 rings (SSSR count). The summed E-state index contributed by atoms with van der Waals surface area (Å²) in [5, 5.41) is -0.167. The van der Waals surface area contributed by atoms with Crippen molar-refractivity contribution in [2.75, 3.05) is 24.3 Å². The maximum Gasteiger partial charge on any atom is 0.289 e. The van der Waals surface area contributed by atoms with E-state index in [4.69, 9.17) is 4.74 Å². The number of benzene rings is 2. The van der Waals surface area contributed by atoms with Gasteiger partial charge in [-0.15, -0.1) is 0 Å². The number of imide groups is 1. The molecule has 0 N–H and O–H groups in total. The molecule has 0 saturated carbocycles. The fourth-order valence-corrected chi connectivity index (χ4v) is 4.11. The van der Waals surface area contributed by atoms with Crippen LogP contribution in [0.2, 0.25) is 0 Å². The summed E-state index contributed by atoms with van der Waals surface area (Å²) >= 11 is 1.06. The average molecular weight is 368 g/mol. The lowest BCUT2D eigenvalue weighted by atomic mass is 10.1. The predicted octanol–water partition coefficient (Wildman–Crippen LogP) is 3.32. The fraction of sp³-hybridized carbons (Fsp3) is 0.300. The van der Waals surface area contributed by atoms with Crippen LogP contribution >= 0.6 is 11.8 Å². The van der Waals surface area contributed by atoms with Crippen LogP contribution in [0, 0.1) is 0 Å². The number of para-hydroxylation sites is 1. The number of rotatable bonds is 5. The molecule has 1 saturated heterocycles. The molecule has 1 atom stereocenters. The van der Waals surface area contributed by atoms with Gasteiger partial charge in [-0.1, -0.05) is 42.1 Å². The van der Waals surface area contributed by atoms with Gasteiger partial charge in [0.25, 0.3) is 5.24 Å². The highest BCUT2D eigenvalue weighted by molar-refractivity contribution is 8.14. The molecule has 1 fully saturated rings. The van der Waals surface area contributed by atoms with Crippen molar-refractivity contribution in [1.82, 2.24) is 4.90 Å². The van der Waals surface area contributed by atoms with E-state index in [-0.39, 0.29) is 16.9 Å². The Morgan fingerprint density at radius 1 is 1.12 bits per heavy atom. The molecule has 1 unspecified atom stereocenters. The van der Waals surface area contributed by atoms with Gasteiger partial charge in [0.05, 0.1) is 18.3 Å². The second-order valence-electron chi connectivity index (χ2n) is 6.59. The zero-order valence-corrected chi connectivity index (χ0v) is 15.4. The number of carbonyl (C=O) groups is 2. The van der Waals surface area contributed by atoms with Gasteiger partial charge in [0.1, 0.15) is 12.4 Å². The maximum absolute atomic E-state index is 11.7. The molecule has 0 bridgehead atoms. The van der Waals surface area contributed by atoms with Gasteiger partial charge in [-0.2, -0.15) is 0 Å². The van der Waals surface area contributed by atoms with Gasteiger partial charge in [-0.05, 0) is 35.7 Å². The number of ether oxygens (including phenoxy) is 1. The molecule has 26 heavy (non-hydrogen) atoms. The quantitative estimate of drug-likeness (QED) is 0.810. The summed E-state index contributed by atoms with van der Waals surface area (Å²) in [5.74, 6) is 0.924. The molecule has 0 aliphatic carbocycles. The Balaban J connectivity index is 1.34. The molecule has 2 aliphatic heterocycles. The third-order valence-electron chi connectivity index (χ3n) is 4.92. The third kappa shape index (κ3) is 3.29. The maximum atomic E-state index is 11.7. The summed E-state index contributed by atoms with van der Waals surface area (Å²) in [6, 6.07) is 16.4. The molecule has 6 heteroatoms. The number of hydrogen-bond donors (Lipinski definition) is 0. The minimum Gasteiger partial charge on any atom is -0.491 e. The Morgan fingerprint density at radius 2 is 1.88 bits per heavy atom. The van der Waals surface area contributed by atoms with Crippen LogP contribution in [0.5, 0.6) is 5.75 Å². The third-order valence-corrected chi connectivity index (χ3v) is 5.78. The van der Waals surface area contributed by atoms with Crippen molar-refractivity contribution in [2.45, 2.75) is 19.0 Å². The molecule has 0 aromatic heterocycles. The van der Waals surface area contributed by atoms with E-state index in [1.165, 1.54) is 16.2 Å². The van der Waals surface area contributed by atoms with E-state index in [9.17, 15) is 9.59 Å². The lowest BCUT2D eigenvalue weighted by Crippen LogP contribution is -2.33. The van der Waals surface area contributed by atoms with Crippen molar-refractivity contribution in [2.24, 2.45) is 0 Å². The van der Waals surface area contributed by atoms with Gasteiger partial charge >= 0.3 is 0 Å². The van der Waals surface area contributed by atoms with Crippen molar-refractivity contribution in [1.29, 1.82) is 0 Å². The van der Waals surface area contributed by atoms with Crippen LogP contribution in [0.25, 0.3) is 0 Å². The monoisotopic (exact) mass is 368 g/mol. The van der Waals surface area contributed by atoms with Crippen LogP contribution in [0.1, 0.15) is 11.1 Å². The van der Waals surface area contributed by atoms with E-state index in [1.54, 1.807) is 0 Å². The Bertz CT molecular complexity index is 821. The summed E-state index contributed by atoms with van der Waals surface area (Å²) in [7, 11) is 2.10. The first-order chi connectivity index (χ1) is 12.6. The van der Waals surface area contributed by atoms with Crippen LogP contribution in [0.3, 0.4) is 0 Å². The zero-order valence-electron chi connectivity index (χ0n) is 14.6. The van der Waals surface area contributed by atoms with Gasteiger partial charge in [-0.3, -0.25) is 14.5 Å². The standard InChI is InChI=1S/C20H20N2O3S/c1-21-16(10-15-4-2-3-5-18(15)21)12-25-17-8-6-14(7-9-17)11-22-19(23)13-26-20(22)24/h2-9,16H,10-13H2,1H3. The first-order valence-electron chi connectivity index (χ1n) is 8.61. The normalized spacial score (nSPS) is 19.2. The number of amides is 2. The van der Waals surface area contributed by atoms with E-state index in [2.05, 4.69) is 36.2 Å². The van der Waals surface area contributed by atoms with Crippen molar-refractivity contribution in [3.63, 3.8) is 0 Å². The van der Waals surface area contributed by atoms with Crippen molar-refractivity contribution < 1.29 is 14.3 Å². The summed E-state index contributed by atoms with van der Waals surface area (Å²) in [4.78, 5) is 26.9. The first kappa shape index (κ1) is 17.0. The SMILES string of the molecule is CN1c2ccccc2CC1COc1ccc(CN2C(=O)CSC2=O)cc1. The number of hydrogen-bond acceptors (Lipinski definition) is 5. The molecule has 5 nitrogen and oxygen atoms in total. The highest BCUT2D eigenvalue weighted by Gasteiger charge is 2.30. The highest BCUT2D eigenvalue weighted by atomic mass is 32.2. The zero-order chi connectivity index (χ0) is 18.1. The van der Waals surface area contributed by atoms with Crippen molar-refractivity contribution in [3.8, 4) is 5.75 Å². The van der Waals surface area contributed by atoms with Crippen LogP contribution in [0.4, 0.5) is 10.5 Å². The van der Waals surface area contributed by atoms with E-state index < -0.39 is 0 Å². The smallest absolute Gasteiger partial charge is 0.289 e. The lowest BCUT2D eigenvalue weighted by Gasteiger charge is -2.22. The number of carbonyl (C=O) groups excluding carboxylic acids is 2. The Kier molecular flexibility index (Phi) is 4.59. The second-order valence-corrected chi connectivity index (χ2v) is 7.51. The summed E-state index contributed by atoms with van der Waals surface area (Å²) in [6.45, 7) is 0.940. The van der Waals surface area contributed by atoms with Gasteiger partial charge in [-0.25, -0.2) is 0 Å². The lowest BCUT2D eigenvalue weighted by molar-refractivity contribution is -0.125. The van der Waals surface area contributed by atoms with Crippen LogP contribution in [-0.2, 0) is 17.8 Å². The van der Waals surface area contributed by atoms with E-state index in [0.717, 1.165) is 29.5 Å². The fourth-order valence-electron chi connectivity index (χ4n) is 3.39. The summed E-state index contributed by atoms with van der Waals surface area (Å²) in [6.07, 6.45) is 0.988. The molecule has 2 heterocycles. The molecule has 2 aromatic rings. The van der Waals surface area contributed by atoms with Crippen LogP contribution in [-0.4, -0.2) is 41.5 Å². The first-order valence-corrected chi connectivity index (χ1v) is 9.60. The number of nitrogens with zero attached hydrogens (tertiary/aromatic N) is 2. The molecular formula is C20H20N2O3S. The molecule has 2 aliphatic rings. The number of thioether (sulfide) groups is 1. The van der Waals surface area contributed by atoms with Crippen molar-refractivity contribution >= 4 is 28.6 Å². The molecule has 134 valence electrons. The Morgan fingerprint density at radius 3 is 2.58 bits per heavy atom. The Labute approximate surface area is 156 Å². The average Bonchev–Trinajstić information content (AvgIpc) is 3.15. The molecule has 2 amide bonds. The number of fused-ring (bicyclic) bond motifs is 1. The van der Waals surface area contributed by atoms with Crippen molar-refractivity contribution in [3.05, 3.63) is 59.7 Å². The predicted molar refractivity (Wildman–Crippen MR) is 103 cm³/mol. The Hall–Kier alpha value is -2.47. The van der Waals surface area contributed by atoms with Gasteiger partial charge < -0.3 is 9.64 Å². The minimum atomic E-state index is -0.167. The minimum absolute atomic E-state index is 0.121. The largest absolute Gasteiger partial charge is 0.491 e. The highest BCUT2D eigenvalue weighted by Crippen LogP contribution is 2.30. The van der Waals surface area contributed by atoms with E-state index >= 15 is 0 Å². The summed E-state index contributed by atoms with van der Waals surface area (Å²) in [5.41, 5.74) is 3.55. The number of likely N-dealkylation sites (N-methyl/N-ethyl adjacent to an activating group) is 1. The molecule has 2 aromatic carbocycles. The van der Waals surface area contributed by atoms with Gasteiger partial charge in [0.15, 0.2) is 0 Å².